The molecule has 0 spiro atoms. The molecule has 0 aromatic heterocycles. The molecule has 1 saturated heterocycles. The quantitative estimate of drug-likeness (QED) is 0.271. The molecule has 0 aliphatic carbocycles. The van der Waals surface area contributed by atoms with Gasteiger partial charge >= 0.3 is 205 Å². The second-order valence-corrected chi connectivity index (χ2v) is 14.2. The SMILES string of the molecule is CCN1CCC(NC(=O)CCCCCC[PH](c2ccccc2)(c2ccccc2)c2ccccc2)CC1. The Bertz CT molecular complexity index is 937. The van der Waals surface area contributed by atoms with E-state index in [4.69, 9.17) is 0 Å². The fraction of sp³-hybridized carbons (Fsp3) is 0.406. The molecule has 3 aromatic carbocycles. The number of hydrogen-bond acceptors (Lipinski definition) is 2. The van der Waals surface area contributed by atoms with Crippen molar-refractivity contribution in [2.75, 3.05) is 25.8 Å². The third-order valence-corrected chi connectivity index (χ3v) is 13.0. The van der Waals surface area contributed by atoms with Gasteiger partial charge < -0.3 is 0 Å². The number of benzene rings is 3. The zero-order chi connectivity index (χ0) is 25.1. The van der Waals surface area contributed by atoms with Crippen LogP contribution in [0.4, 0.5) is 0 Å². The number of carbonyl (C=O) groups excluding carboxylic acids is 1. The summed E-state index contributed by atoms with van der Waals surface area (Å²) < 4.78 is 0. The third-order valence-electron chi connectivity index (χ3n) is 7.91. The van der Waals surface area contributed by atoms with Crippen molar-refractivity contribution in [3.05, 3.63) is 91.0 Å². The average Bonchev–Trinajstić information content (AvgIpc) is 2.95. The van der Waals surface area contributed by atoms with E-state index in [1.165, 1.54) is 34.9 Å². The molecule has 1 fully saturated rings. The fourth-order valence-electron chi connectivity index (χ4n) is 5.82. The summed E-state index contributed by atoms with van der Waals surface area (Å²) >= 11 is 0. The van der Waals surface area contributed by atoms with E-state index in [-0.39, 0.29) is 5.91 Å². The maximum atomic E-state index is 12.5. The Balaban J connectivity index is 1.35. The minimum absolute atomic E-state index is 0.242. The molecule has 1 N–H and O–H groups in total. The molecule has 1 heterocycles. The Hall–Kier alpha value is -2.48. The van der Waals surface area contributed by atoms with E-state index in [1.54, 1.807) is 0 Å². The number of hydrogen-bond donors (Lipinski definition) is 1. The van der Waals surface area contributed by atoms with Gasteiger partial charge in [0, 0.05) is 0 Å². The standard InChI is InChI=1S/C32H43N2OP/c1-2-34-25-23-28(24-26-34)33-32(35)22-14-3-4-15-27-36(29-16-8-5-9-17-29,30-18-10-6-11-19-30)31-20-12-7-13-21-31/h5-13,16-21,28,36H,2-4,14-15,22-27H2,1H3,(H,33,35). The van der Waals surface area contributed by atoms with Gasteiger partial charge in [-0.05, 0) is 6.54 Å². The number of likely N-dealkylation sites (tertiary alicyclic amines) is 1. The normalized spacial score (nSPS) is 15.5. The first kappa shape index (κ1) is 26.6. The number of nitrogens with one attached hydrogen (secondary N) is 1. The summed E-state index contributed by atoms with van der Waals surface area (Å²) in [6.45, 7) is 5.54. The van der Waals surface area contributed by atoms with Crippen molar-refractivity contribution in [3.8, 4) is 0 Å². The van der Waals surface area contributed by atoms with Crippen molar-refractivity contribution in [2.24, 2.45) is 0 Å². The maximum absolute atomic E-state index is 12.5. The van der Waals surface area contributed by atoms with Crippen LogP contribution in [0.25, 0.3) is 0 Å². The van der Waals surface area contributed by atoms with E-state index in [1.807, 2.05) is 0 Å². The van der Waals surface area contributed by atoms with E-state index in [0.717, 1.165) is 45.3 Å². The summed E-state index contributed by atoms with van der Waals surface area (Å²) in [5.74, 6) is 0.242. The fourth-order valence-corrected chi connectivity index (χ4v) is 10.8. The van der Waals surface area contributed by atoms with Gasteiger partial charge in [-0.3, -0.25) is 0 Å². The Labute approximate surface area is 218 Å². The first-order chi connectivity index (χ1) is 17.7. The van der Waals surface area contributed by atoms with E-state index in [9.17, 15) is 4.79 Å². The number of nitrogens with zero attached hydrogens (tertiary/aromatic N) is 1. The van der Waals surface area contributed by atoms with Crippen molar-refractivity contribution in [2.45, 2.75) is 57.9 Å². The summed E-state index contributed by atoms with van der Waals surface area (Å²) in [6.07, 6.45) is 8.47. The van der Waals surface area contributed by atoms with Gasteiger partial charge in [0.15, 0.2) is 0 Å². The molecule has 0 unspecified atom stereocenters. The number of rotatable bonds is 12. The van der Waals surface area contributed by atoms with Crippen LogP contribution in [0.15, 0.2) is 91.0 Å². The Kier molecular flexibility index (Phi) is 10.1. The van der Waals surface area contributed by atoms with Crippen molar-refractivity contribution >= 4 is 29.1 Å². The van der Waals surface area contributed by atoms with Gasteiger partial charge in [-0.1, -0.05) is 6.92 Å². The van der Waals surface area contributed by atoms with Gasteiger partial charge in [0.05, 0.1) is 0 Å². The summed E-state index contributed by atoms with van der Waals surface area (Å²) in [5, 5.41) is 7.73. The van der Waals surface area contributed by atoms with Crippen LogP contribution in [-0.4, -0.2) is 42.6 Å². The molecular formula is C32H43N2OP. The van der Waals surface area contributed by atoms with Crippen LogP contribution < -0.4 is 21.2 Å². The summed E-state index contributed by atoms with van der Waals surface area (Å²) in [7, 11) is -2.13. The minimum atomic E-state index is -2.13. The zero-order valence-corrected chi connectivity index (χ0v) is 22.9. The summed E-state index contributed by atoms with van der Waals surface area (Å²) in [4.78, 5) is 15.0. The predicted molar refractivity (Wildman–Crippen MR) is 158 cm³/mol. The van der Waals surface area contributed by atoms with Crippen LogP contribution in [0.5, 0.6) is 0 Å². The molecule has 3 nitrogen and oxygen atoms in total. The molecule has 1 aliphatic rings. The van der Waals surface area contributed by atoms with E-state index >= 15 is 0 Å². The van der Waals surface area contributed by atoms with Gasteiger partial charge in [-0.15, -0.1) is 0 Å². The number of amides is 1. The molecular weight excluding hydrogens is 459 g/mol. The van der Waals surface area contributed by atoms with Crippen molar-refractivity contribution < 1.29 is 4.79 Å². The average molecular weight is 503 g/mol. The molecule has 4 rings (SSSR count). The van der Waals surface area contributed by atoms with Crippen LogP contribution in [0.2, 0.25) is 0 Å². The second-order valence-electron chi connectivity index (χ2n) is 10.2. The van der Waals surface area contributed by atoms with Crippen LogP contribution >= 0.6 is 7.26 Å². The van der Waals surface area contributed by atoms with E-state index < -0.39 is 7.26 Å². The summed E-state index contributed by atoms with van der Waals surface area (Å²) in [6, 6.07) is 33.9. The van der Waals surface area contributed by atoms with Crippen LogP contribution in [-0.2, 0) is 4.79 Å². The molecule has 3 aromatic rings. The molecule has 0 bridgehead atoms. The van der Waals surface area contributed by atoms with E-state index in [0.29, 0.717) is 12.5 Å². The van der Waals surface area contributed by atoms with Crippen LogP contribution in [0, 0.1) is 0 Å². The molecule has 4 heteroatoms. The number of piperidine rings is 1. The van der Waals surface area contributed by atoms with Gasteiger partial charge in [0.25, 0.3) is 0 Å². The van der Waals surface area contributed by atoms with E-state index in [2.05, 4.69) is 108 Å². The monoisotopic (exact) mass is 502 g/mol. The van der Waals surface area contributed by atoms with Gasteiger partial charge in [-0.25, -0.2) is 0 Å². The molecule has 0 saturated carbocycles. The molecule has 1 amide bonds. The van der Waals surface area contributed by atoms with Crippen LogP contribution in [0.3, 0.4) is 0 Å². The topological polar surface area (TPSA) is 32.3 Å². The predicted octanol–water partition coefficient (Wildman–Crippen LogP) is 5.26. The Morgan fingerprint density at radius 3 is 1.69 bits per heavy atom. The number of unbranched alkanes of at least 4 members (excludes halogenated alkanes) is 3. The van der Waals surface area contributed by atoms with Crippen molar-refractivity contribution in [3.63, 3.8) is 0 Å². The van der Waals surface area contributed by atoms with Crippen LogP contribution in [0.1, 0.15) is 51.9 Å². The Morgan fingerprint density at radius 1 is 0.750 bits per heavy atom. The molecule has 0 radical (unpaired) electrons. The molecule has 1 aliphatic heterocycles. The van der Waals surface area contributed by atoms with Gasteiger partial charge in [0.2, 0.25) is 0 Å². The van der Waals surface area contributed by atoms with Crippen molar-refractivity contribution in [1.29, 1.82) is 0 Å². The van der Waals surface area contributed by atoms with Gasteiger partial charge in [-0.2, -0.15) is 0 Å². The van der Waals surface area contributed by atoms with Crippen molar-refractivity contribution in [1.82, 2.24) is 10.2 Å². The Morgan fingerprint density at radius 2 is 1.22 bits per heavy atom. The third kappa shape index (κ3) is 6.84. The molecule has 192 valence electrons. The number of carbonyl (C=O) groups is 1. The zero-order valence-electron chi connectivity index (χ0n) is 21.9. The van der Waals surface area contributed by atoms with Gasteiger partial charge in [0.1, 0.15) is 0 Å². The molecule has 36 heavy (non-hydrogen) atoms. The first-order valence-electron chi connectivity index (χ1n) is 13.9. The summed E-state index contributed by atoms with van der Waals surface area (Å²) in [5.41, 5.74) is 0. The second kappa shape index (κ2) is 13.7. The first-order valence-corrected chi connectivity index (χ1v) is 16.1. The molecule has 0 atom stereocenters.